The highest BCUT2D eigenvalue weighted by molar-refractivity contribution is 5.96. The number of rotatable bonds is 5. The molecule has 1 fully saturated rings. The van der Waals surface area contributed by atoms with Crippen LogP contribution < -0.4 is 5.32 Å². The van der Waals surface area contributed by atoms with E-state index in [0.717, 1.165) is 12.5 Å². The highest BCUT2D eigenvalue weighted by Gasteiger charge is 2.26. The van der Waals surface area contributed by atoms with Crippen molar-refractivity contribution >= 4 is 17.8 Å². The zero-order chi connectivity index (χ0) is 18.4. The highest BCUT2D eigenvalue weighted by Crippen LogP contribution is 2.20. The summed E-state index contributed by atoms with van der Waals surface area (Å²) in [7, 11) is 0. The molecule has 25 heavy (non-hydrogen) atoms. The predicted molar refractivity (Wildman–Crippen MR) is 89.2 cm³/mol. The molecule has 2 rings (SSSR count). The molecule has 1 aliphatic heterocycles. The first-order valence-electron chi connectivity index (χ1n) is 8.33. The lowest BCUT2D eigenvalue weighted by molar-refractivity contribution is -0.152. The Morgan fingerprint density at radius 1 is 1.20 bits per heavy atom. The topological polar surface area (TPSA) is 75.7 Å². The Bertz CT molecular complexity index is 640. The minimum atomic E-state index is -0.740. The first-order valence-corrected chi connectivity index (χ1v) is 8.33. The number of carbonyl (C=O) groups excluding carboxylic acids is 3. The van der Waals surface area contributed by atoms with E-state index in [2.05, 4.69) is 19.2 Å². The van der Waals surface area contributed by atoms with Crippen LogP contribution in [0.1, 0.15) is 30.6 Å². The zero-order valence-electron chi connectivity index (χ0n) is 14.5. The molecular formula is C18H23FN2O4. The first kappa shape index (κ1) is 18.9. The van der Waals surface area contributed by atoms with Crippen LogP contribution in [0.3, 0.4) is 0 Å². The number of halogens is 1. The Balaban J connectivity index is 1.74. The number of nitrogens with one attached hydrogen (secondary N) is 1. The van der Waals surface area contributed by atoms with Crippen LogP contribution in [0.5, 0.6) is 0 Å². The van der Waals surface area contributed by atoms with Gasteiger partial charge in [-0.05, 0) is 30.4 Å². The van der Waals surface area contributed by atoms with E-state index < -0.39 is 24.2 Å². The van der Waals surface area contributed by atoms with Gasteiger partial charge in [0.2, 0.25) is 0 Å². The predicted octanol–water partition coefficient (Wildman–Crippen LogP) is 1.60. The van der Waals surface area contributed by atoms with Crippen LogP contribution in [0, 0.1) is 17.7 Å². The number of hydrogen-bond acceptors (Lipinski definition) is 4. The summed E-state index contributed by atoms with van der Waals surface area (Å²) < 4.78 is 18.4. The molecule has 1 aromatic rings. The minimum Gasteiger partial charge on any atom is -0.454 e. The first-order chi connectivity index (χ1) is 11.9. The lowest BCUT2D eigenvalue weighted by atomic mass is 9.92. The van der Waals surface area contributed by atoms with Gasteiger partial charge in [0.15, 0.2) is 6.61 Å². The molecule has 2 atom stereocenters. The van der Waals surface area contributed by atoms with E-state index in [1.165, 1.54) is 18.2 Å². The van der Waals surface area contributed by atoms with Crippen LogP contribution in [-0.2, 0) is 14.3 Å². The number of ether oxygens (including phenoxy) is 1. The second-order valence-electron chi connectivity index (χ2n) is 6.57. The molecule has 1 heterocycles. The Kier molecular flexibility index (Phi) is 6.50. The average molecular weight is 350 g/mol. The van der Waals surface area contributed by atoms with E-state index in [-0.39, 0.29) is 18.1 Å². The SMILES string of the molecule is C[C@H]1C[C@H](C)CN(C(=O)COC(=O)CNC(=O)c2ccccc2F)C1. The lowest BCUT2D eigenvalue weighted by Gasteiger charge is -2.34. The maximum atomic E-state index is 13.5. The van der Waals surface area contributed by atoms with Crippen LogP contribution in [0.25, 0.3) is 0 Å². The molecule has 0 bridgehead atoms. The minimum absolute atomic E-state index is 0.150. The molecule has 0 aromatic heterocycles. The summed E-state index contributed by atoms with van der Waals surface area (Å²) in [6, 6.07) is 5.47. The number of carbonyl (C=O) groups is 3. The standard InChI is InChI=1S/C18H23FN2O4/c1-12-7-13(2)10-21(9-12)16(22)11-25-17(23)8-20-18(24)14-5-3-4-6-15(14)19/h3-6,12-13H,7-11H2,1-2H3,(H,20,24)/t12-,13-/m0/s1. The number of hydrogen-bond donors (Lipinski definition) is 1. The maximum Gasteiger partial charge on any atom is 0.325 e. The molecular weight excluding hydrogens is 327 g/mol. The molecule has 1 N–H and O–H groups in total. The summed E-state index contributed by atoms with van der Waals surface area (Å²) in [6.07, 6.45) is 1.08. The van der Waals surface area contributed by atoms with Crippen molar-refractivity contribution in [3.05, 3.63) is 35.6 Å². The number of esters is 1. The summed E-state index contributed by atoms with van der Waals surface area (Å²) >= 11 is 0. The normalized spacial score (nSPS) is 20.0. The van der Waals surface area contributed by atoms with E-state index in [0.29, 0.717) is 24.9 Å². The summed E-state index contributed by atoms with van der Waals surface area (Å²) in [4.78, 5) is 37.3. The van der Waals surface area contributed by atoms with Crippen molar-refractivity contribution < 1.29 is 23.5 Å². The molecule has 1 aliphatic rings. The van der Waals surface area contributed by atoms with Gasteiger partial charge in [0, 0.05) is 13.1 Å². The maximum absolute atomic E-state index is 13.5. The van der Waals surface area contributed by atoms with Crippen LogP contribution in [0.15, 0.2) is 24.3 Å². The second kappa shape index (κ2) is 8.60. The molecule has 7 heteroatoms. The van der Waals surface area contributed by atoms with E-state index in [1.54, 1.807) is 4.90 Å². The van der Waals surface area contributed by atoms with Gasteiger partial charge in [-0.3, -0.25) is 14.4 Å². The quantitative estimate of drug-likeness (QED) is 0.819. The zero-order valence-corrected chi connectivity index (χ0v) is 14.5. The summed E-state index contributed by atoms with van der Waals surface area (Å²) in [5.74, 6) is -1.52. The molecule has 0 saturated carbocycles. The fourth-order valence-electron chi connectivity index (χ4n) is 3.04. The molecule has 0 unspecified atom stereocenters. The van der Waals surface area contributed by atoms with Gasteiger partial charge >= 0.3 is 5.97 Å². The number of nitrogens with zero attached hydrogens (tertiary/aromatic N) is 1. The molecule has 136 valence electrons. The molecule has 6 nitrogen and oxygen atoms in total. The number of likely N-dealkylation sites (tertiary alicyclic amines) is 1. The van der Waals surface area contributed by atoms with Crippen molar-refractivity contribution in [3.8, 4) is 0 Å². The van der Waals surface area contributed by atoms with Crippen molar-refractivity contribution in [1.82, 2.24) is 10.2 Å². The van der Waals surface area contributed by atoms with Gasteiger partial charge in [0.05, 0.1) is 5.56 Å². The second-order valence-corrected chi connectivity index (χ2v) is 6.57. The van der Waals surface area contributed by atoms with Gasteiger partial charge in [-0.15, -0.1) is 0 Å². The summed E-state index contributed by atoms with van der Waals surface area (Å²) in [5.41, 5.74) is -0.150. The molecule has 1 aromatic carbocycles. The Hall–Kier alpha value is -2.44. The largest absolute Gasteiger partial charge is 0.454 e. The van der Waals surface area contributed by atoms with Crippen LogP contribution in [0.2, 0.25) is 0 Å². The van der Waals surface area contributed by atoms with E-state index in [9.17, 15) is 18.8 Å². The van der Waals surface area contributed by atoms with Crippen molar-refractivity contribution in [2.45, 2.75) is 20.3 Å². The number of piperidine rings is 1. The fraction of sp³-hybridized carbons (Fsp3) is 0.500. The van der Waals surface area contributed by atoms with Gasteiger partial charge in [0.1, 0.15) is 12.4 Å². The van der Waals surface area contributed by atoms with Crippen LogP contribution in [0.4, 0.5) is 4.39 Å². The van der Waals surface area contributed by atoms with Gasteiger partial charge in [-0.2, -0.15) is 0 Å². The summed E-state index contributed by atoms with van der Waals surface area (Å²) in [5, 5.41) is 2.28. The molecule has 1 saturated heterocycles. The Morgan fingerprint density at radius 2 is 1.84 bits per heavy atom. The third kappa shape index (κ3) is 5.55. The number of benzene rings is 1. The van der Waals surface area contributed by atoms with Crippen molar-refractivity contribution in [2.24, 2.45) is 11.8 Å². The molecule has 0 radical (unpaired) electrons. The van der Waals surface area contributed by atoms with Gasteiger partial charge in [0.25, 0.3) is 11.8 Å². The number of amides is 2. The molecule has 0 aliphatic carbocycles. The van der Waals surface area contributed by atoms with E-state index in [4.69, 9.17) is 4.74 Å². The van der Waals surface area contributed by atoms with E-state index >= 15 is 0 Å². The Labute approximate surface area is 146 Å². The molecule has 0 spiro atoms. The van der Waals surface area contributed by atoms with Crippen molar-refractivity contribution in [1.29, 1.82) is 0 Å². The lowest BCUT2D eigenvalue weighted by Crippen LogP contribution is -2.44. The smallest absolute Gasteiger partial charge is 0.325 e. The van der Waals surface area contributed by atoms with Crippen LogP contribution in [-0.4, -0.2) is 48.9 Å². The van der Waals surface area contributed by atoms with Crippen molar-refractivity contribution in [3.63, 3.8) is 0 Å². The molecule has 2 amide bonds. The summed E-state index contributed by atoms with van der Waals surface area (Å²) in [6.45, 7) is 4.71. The van der Waals surface area contributed by atoms with Crippen LogP contribution >= 0.6 is 0 Å². The van der Waals surface area contributed by atoms with Gasteiger partial charge in [-0.1, -0.05) is 26.0 Å². The monoisotopic (exact) mass is 350 g/mol. The fourth-order valence-corrected chi connectivity index (χ4v) is 3.04. The average Bonchev–Trinajstić information content (AvgIpc) is 2.57. The Morgan fingerprint density at radius 3 is 2.48 bits per heavy atom. The van der Waals surface area contributed by atoms with Gasteiger partial charge in [-0.25, -0.2) is 4.39 Å². The van der Waals surface area contributed by atoms with Crippen molar-refractivity contribution in [2.75, 3.05) is 26.2 Å². The third-order valence-electron chi connectivity index (χ3n) is 4.09. The third-order valence-corrected chi connectivity index (χ3v) is 4.09. The van der Waals surface area contributed by atoms with Gasteiger partial charge < -0.3 is 15.0 Å². The van der Waals surface area contributed by atoms with E-state index in [1.807, 2.05) is 0 Å². The highest BCUT2D eigenvalue weighted by atomic mass is 19.1.